The molecule has 1 aromatic rings. The molecule has 2 saturated heterocycles. The third kappa shape index (κ3) is 4.68. The molecule has 2 amide bonds. The molecular formula is C19H26ClN3O3. The van der Waals surface area contributed by atoms with Crippen molar-refractivity contribution in [3.8, 4) is 0 Å². The maximum atomic E-state index is 12.7. The Morgan fingerprint density at radius 3 is 2.73 bits per heavy atom. The second-order valence-electron chi connectivity index (χ2n) is 7.07. The summed E-state index contributed by atoms with van der Waals surface area (Å²) < 4.78 is 0. The van der Waals surface area contributed by atoms with Crippen LogP contribution in [0.3, 0.4) is 0 Å². The monoisotopic (exact) mass is 379 g/mol. The Balaban J connectivity index is 1.57. The highest BCUT2D eigenvalue weighted by Gasteiger charge is 2.30. The summed E-state index contributed by atoms with van der Waals surface area (Å²) >= 11 is 6.29. The predicted molar refractivity (Wildman–Crippen MR) is 102 cm³/mol. The fourth-order valence-corrected chi connectivity index (χ4v) is 3.96. The number of carboxylic acids is 1. The van der Waals surface area contributed by atoms with E-state index in [1.807, 2.05) is 17.0 Å². The minimum absolute atomic E-state index is 0.0355. The van der Waals surface area contributed by atoms with Crippen LogP contribution in [0.25, 0.3) is 0 Å². The van der Waals surface area contributed by atoms with Gasteiger partial charge in [-0.1, -0.05) is 17.7 Å². The van der Waals surface area contributed by atoms with Gasteiger partial charge >= 0.3 is 12.0 Å². The van der Waals surface area contributed by atoms with Crippen LogP contribution in [0, 0.1) is 5.92 Å². The summed E-state index contributed by atoms with van der Waals surface area (Å²) in [6.07, 6.45) is 3.89. The van der Waals surface area contributed by atoms with Gasteiger partial charge in [0.2, 0.25) is 0 Å². The van der Waals surface area contributed by atoms with Gasteiger partial charge < -0.3 is 15.3 Å². The molecule has 2 heterocycles. The number of piperidine rings is 1. The fraction of sp³-hybridized carbons (Fsp3) is 0.579. The average Bonchev–Trinajstić information content (AvgIpc) is 3.00. The molecule has 7 heteroatoms. The first-order valence-electron chi connectivity index (χ1n) is 9.32. The molecule has 2 aliphatic heterocycles. The van der Waals surface area contributed by atoms with Crippen LogP contribution in [0.5, 0.6) is 0 Å². The standard InChI is InChI=1S/C19H26ClN3O3/c20-17-13-16(3-1-15(17)2-4-18(24)25)23-12-11-22(19(23)26)10-7-14-5-8-21-9-6-14/h1,3,13-14,21H,2,4-12H2,(H,24,25). The maximum Gasteiger partial charge on any atom is 0.324 e. The van der Waals surface area contributed by atoms with Crippen molar-refractivity contribution in [1.82, 2.24) is 10.2 Å². The molecule has 0 aliphatic carbocycles. The molecule has 6 nitrogen and oxygen atoms in total. The van der Waals surface area contributed by atoms with Crippen LogP contribution in [0.1, 0.15) is 31.2 Å². The number of benzene rings is 1. The number of carbonyl (C=O) groups is 2. The summed E-state index contributed by atoms with van der Waals surface area (Å²) in [5, 5.41) is 12.7. The molecule has 0 saturated carbocycles. The van der Waals surface area contributed by atoms with Gasteiger partial charge in [0.05, 0.1) is 0 Å². The molecular weight excluding hydrogens is 354 g/mol. The highest BCUT2D eigenvalue weighted by atomic mass is 35.5. The van der Waals surface area contributed by atoms with E-state index in [-0.39, 0.29) is 12.5 Å². The van der Waals surface area contributed by atoms with E-state index in [1.165, 1.54) is 12.8 Å². The van der Waals surface area contributed by atoms with E-state index in [1.54, 1.807) is 11.0 Å². The molecule has 1 aromatic carbocycles. The van der Waals surface area contributed by atoms with E-state index >= 15 is 0 Å². The molecule has 0 bridgehead atoms. The van der Waals surface area contributed by atoms with Gasteiger partial charge in [0.1, 0.15) is 0 Å². The topological polar surface area (TPSA) is 72.9 Å². The van der Waals surface area contributed by atoms with Crippen LogP contribution in [0.4, 0.5) is 10.5 Å². The molecule has 0 spiro atoms. The zero-order valence-corrected chi connectivity index (χ0v) is 15.7. The Morgan fingerprint density at radius 1 is 1.27 bits per heavy atom. The van der Waals surface area contributed by atoms with Gasteiger partial charge in [-0.05, 0) is 62.4 Å². The first kappa shape index (κ1) is 19.0. The van der Waals surface area contributed by atoms with Crippen LogP contribution in [0.15, 0.2) is 18.2 Å². The van der Waals surface area contributed by atoms with Gasteiger partial charge in [0, 0.05) is 36.8 Å². The molecule has 0 radical (unpaired) electrons. The summed E-state index contributed by atoms with van der Waals surface area (Å²) in [4.78, 5) is 27.1. The first-order chi connectivity index (χ1) is 12.5. The number of amides is 2. The van der Waals surface area contributed by atoms with E-state index in [9.17, 15) is 9.59 Å². The Bertz CT molecular complexity index is 661. The number of aliphatic carboxylic acids is 1. The Hall–Kier alpha value is -1.79. The van der Waals surface area contributed by atoms with Gasteiger partial charge in [-0.3, -0.25) is 9.69 Å². The molecule has 142 valence electrons. The number of anilines is 1. The highest BCUT2D eigenvalue weighted by Crippen LogP contribution is 2.28. The number of carboxylic acid groups (broad SMARTS) is 1. The lowest BCUT2D eigenvalue weighted by Crippen LogP contribution is -2.34. The van der Waals surface area contributed by atoms with Crippen LogP contribution in [-0.4, -0.2) is 54.7 Å². The minimum Gasteiger partial charge on any atom is -0.481 e. The Morgan fingerprint density at radius 2 is 2.04 bits per heavy atom. The lowest BCUT2D eigenvalue weighted by Gasteiger charge is -2.25. The quantitative estimate of drug-likeness (QED) is 0.763. The van der Waals surface area contributed by atoms with E-state index in [2.05, 4.69) is 5.32 Å². The van der Waals surface area contributed by atoms with Crippen molar-refractivity contribution >= 4 is 29.3 Å². The second kappa shape index (κ2) is 8.73. The number of hydrogen-bond acceptors (Lipinski definition) is 3. The normalized spacial score (nSPS) is 18.6. The molecule has 26 heavy (non-hydrogen) atoms. The van der Waals surface area contributed by atoms with Crippen molar-refractivity contribution in [2.24, 2.45) is 5.92 Å². The van der Waals surface area contributed by atoms with Crippen molar-refractivity contribution in [2.75, 3.05) is 37.6 Å². The summed E-state index contributed by atoms with van der Waals surface area (Å²) in [6, 6.07) is 5.49. The zero-order valence-electron chi connectivity index (χ0n) is 14.9. The Kier molecular flexibility index (Phi) is 6.38. The number of carbonyl (C=O) groups excluding carboxylic acids is 1. The molecule has 3 rings (SSSR count). The number of hydrogen-bond donors (Lipinski definition) is 2. The minimum atomic E-state index is -0.843. The van der Waals surface area contributed by atoms with Crippen LogP contribution < -0.4 is 10.2 Å². The molecule has 2 N–H and O–H groups in total. The summed E-state index contributed by atoms with van der Waals surface area (Å²) in [5.74, 6) is -0.134. The van der Waals surface area contributed by atoms with Gasteiger partial charge in [-0.2, -0.15) is 0 Å². The third-order valence-corrected chi connectivity index (χ3v) is 5.67. The highest BCUT2D eigenvalue weighted by molar-refractivity contribution is 6.31. The molecule has 2 aliphatic rings. The van der Waals surface area contributed by atoms with Crippen molar-refractivity contribution < 1.29 is 14.7 Å². The second-order valence-corrected chi connectivity index (χ2v) is 7.48. The maximum absolute atomic E-state index is 12.7. The van der Waals surface area contributed by atoms with E-state index in [0.29, 0.717) is 23.9 Å². The molecule has 0 unspecified atom stereocenters. The van der Waals surface area contributed by atoms with Crippen LogP contribution in [-0.2, 0) is 11.2 Å². The lowest BCUT2D eigenvalue weighted by molar-refractivity contribution is -0.136. The summed E-state index contributed by atoms with van der Waals surface area (Å²) in [7, 11) is 0. The predicted octanol–water partition coefficient (Wildman–Crippen LogP) is 2.99. The van der Waals surface area contributed by atoms with Crippen LogP contribution in [0.2, 0.25) is 5.02 Å². The van der Waals surface area contributed by atoms with Gasteiger partial charge in [0.15, 0.2) is 0 Å². The summed E-state index contributed by atoms with van der Waals surface area (Å²) in [5.41, 5.74) is 1.58. The zero-order chi connectivity index (χ0) is 18.5. The smallest absolute Gasteiger partial charge is 0.324 e. The third-order valence-electron chi connectivity index (χ3n) is 5.32. The van der Waals surface area contributed by atoms with Gasteiger partial charge in [0.25, 0.3) is 0 Å². The molecule has 0 atom stereocenters. The number of nitrogens with one attached hydrogen (secondary N) is 1. The van der Waals surface area contributed by atoms with Crippen LogP contribution >= 0.6 is 11.6 Å². The van der Waals surface area contributed by atoms with Crippen molar-refractivity contribution in [1.29, 1.82) is 0 Å². The largest absolute Gasteiger partial charge is 0.481 e. The van der Waals surface area contributed by atoms with Crippen molar-refractivity contribution in [2.45, 2.75) is 32.1 Å². The summed E-state index contributed by atoms with van der Waals surface area (Å²) in [6.45, 7) is 4.37. The van der Waals surface area contributed by atoms with Crippen molar-refractivity contribution in [3.63, 3.8) is 0 Å². The Labute approximate surface area is 159 Å². The van der Waals surface area contributed by atoms with E-state index in [4.69, 9.17) is 16.7 Å². The number of urea groups is 1. The fourth-order valence-electron chi connectivity index (χ4n) is 3.69. The lowest BCUT2D eigenvalue weighted by atomic mass is 9.94. The average molecular weight is 380 g/mol. The van der Waals surface area contributed by atoms with E-state index in [0.717, 1.165) is 43.9 Å². The van der Waals surface area contributed by atoms with Gasteiger partial charge in [-0.15, -0.1) is 0 Å². The van der Waals surface area contributed by atoms with E-state index < -0.39 is 5.97 Å². The number of nitrogens with zero attached hydrogens (tertiary/aromatic N) is 2. The van der Waals surface area contributed by atoms with Crippen molar-refractivity contribution in [3.05, 3.63) is 28.8 Å². The SMILES string of the molecule is O=C(O)CCc1ccc(N2CCN(CCC3CCNCC3)C2=O)cc1Cl. The molecule has 2 fully saturated rings. The number of halogens is 1. The van der Waals surface area contributed by atoms with Gasteiger partial charge in [-0.25, -0.2) is 4.79 Å². The number of aryl methyl sites for hydroxylation is 1. The number of rotatable bonds is 7. The molecule has 0 aromatic heterocycles. The first-order valence-corrected chi connectivity index (χ1v) is 9.70.